The van der Waals surface area contributed by atoms with Crippen molar-refractivity contribution >= 4 is 35.9 Å². The maximum Gasteiger partial charge on any atom is 0.410 e. The van der Waals surface area contributed by atoms with Gasteiger partial charge in [-0.3, -0.25) is 19.5 Å². The average molecular weight is 947 g/mol. The number of morpholine rings is 1. The number of pyridine rings is 1. The van der Waals surface area contributed by atoms with Crippen LogP contribution in [0.1, 0.15) is 65.5 Å². The van der Waals surface area contributed by atoms with Crippen LogP contribution in [-0.2, 0) is 35.3 Å². The molecule has 0 saturated carbocycles. The van der Waals surface area contributed by atoms with Crippen molar-refractivity contribution in [1.82, 2.24) is 29.5 Å². The summed E-state index contributed by atoms with van der Waals surface area (Å²) in [7, 11) is 0. The van der Waals surface area contributed by atoms with Gasteiger partial charge in [0.15, 0.2) is 6.04 Å². The zero-order valence-corrected chi connectivity index (χ0v) is 38.4. The number of carbonyl (C=O) groups excluding carboxylic acids is 4. The fraction of sp³-hybridized carbons (Fsp3) is 0.352. The van der Waals surface area contributed by atoms with E-state index in [-0.39, 0.29) is 37.7 Å². The molecule has 4 aromatic carbocycles. The van der Waals surface area contributed by atoms with Crippen LogP contribution in [0, 0.1) is 0 Å². The van der Waals surface area contributed by atoms with Crippen LogP contribution in [0.4, 0.5) is 9.59 Å². The molecule has 5 saturated heterocycles. The van der Waals surface area contributed by atoms with Gasteiger partial charge in [0, 0.05) is 38.4 Å². The number of aromatic nitrogens is 1. The van der Waals surface area contributed by atoms with Crippen LogP contribution in [0.2, 0.25) is 0 Å². The third-order valence-electron chi connectivity index (χ3n) is 14.7. The Morgan fingerprint density at radius 3 is 1.67 bits per heavy atom. The largest absolute Gasteiger partial charge is 0.480 e. The molecule has 5 aliphatic heterocycles. The molecule has 5 fully saturated rings. The lowest BCUT2D eigenvalue weighted by Gasteiger charge is -2.47. The highest BCUT2D eigenvalue weighted by atomic mass is 16.6. The van der Waals surface area contributed by atoms with Crippen LogP contribution in [-0.4, -0.2) is 151 Å². The lowest BCUT2D eigenvalue weighted by Crippen LogP contribution is -2.67. The van der Waals surface area contributed by atoms with E-state index in [0.717, 1.165) is 16.7 Å². The van der Waals surface area contributed by atoms with E-state index < -0.39 is 66.0 Å². The molecule has 360 valence electrons. The van der Waals surface area contributed by atoms with Gasteiger partial charge in [-0.05, 0) is 71.2 Å². The number of amides is 5. The van der Waals surface area contributed by atoms with E-state index in [1.165, 1.54) is 14.7 Å². The molecule has 16 heteroatoms. The Balaban J connectivity index is 0.944. The Morgan fingerprint density at radius 2 is 1.10 bits per heavy atom. The second kappa shape index (κ2) is 19.8. The Hall–Kier alpha value is -7.59. The topological polar surface area (TPSA) is 190 Å². The molecule has 5 amide bonds. The number of carbonyl (C=O) groups is 6. The second-order valence-electron chi connectivity index (χ2n) is 18.7. The van der Waals surface area contributed by atoms with E-state index in [9.17, 15) is 29.4 Å². The monoisotopic (exact) mass is 946 g/mol. The predicted molar refractivity (Wildman–Crippen MR) is 254 cm³/mol. The Kier molecular flexibility index (Phi) is 13.0. The van der Waals surface area contributed by atoms with E-state index in [1.807, 2.05) is 109 Å². The molecule has 70 heavy (non-hydrogen) atoms. The van der Waals surface area contributed by atoms with Crippen LogP contribution in [0.3, 0.4) is 0 Å². The maximum atomic E-state index is 15.2. The number of nitrogens with zero attached hydrogens (tertiary/aromatic N) is 6. The normalized spacial score (nSPS) is 23.6. The number of hydrogen-bond acceptors (Lipinski definition) is 9. The van der Waals surface area contributed by atoms with Gasteiger partial charge in [0.1, 0.15) is 12.6 Å². The molecule has 5 aromatic rings. The molecule has 16 nitrogen and oxygen atoms in total. The highest BCUT2D eigenvalue weighted by Crippen LogP contribution is 2.42. The molecular weight excluding hydrogens is 893 g/mol. The smallest absolute Gasteiger partial charge is 0.410 e. The Labute approximate surface area is 405 Å². The number of likely N-dealkylation sites (tertiary alicyclic amines) is 2. The molecule has 10 rings (SSSR count). The van der Waals surface area contributed by atoms with Gasteiger partial charge in [0.2, 0.25) is 11.8 Å². The van der Waals surface area contributed by atoms with Crippen LogP contribution in [0.5, 0.6) is 0 Å². The Bertz CT molecular complexity index is 2760. The second-order valence-corrected chi connectivity index (χ2v) is 18.7. The minimum absolute atomic E-state index is 0.0130. The number of hydrogen-bond donors (Lipinski definition) is 2. The fourth-order valence-electron chi connectivity index (χ4n) is 11.5. The molecule has 0 radical (unpaired) electrons. The molecule has 8 atom stereocenters. The first-order valence-electron chi connectivity index (χ1n) is 23.9. The van der Waals surface area contributed by atoms with Gasteiger partial charge in [0.25, 0.3) is 0 Å². The fourth-order valence-corrected chi connectivity index (χ4v) is 11.5. The number of carboxylic acids is 2. The molecule has 2 unspecified atom stereocenters. The number of rotatable bonds is 11. The van der Waals surface area contributed by atoms with Crippen LogP contribution < -0.4 is 0 Å². The zero-order chi connectivity index (χ0) is 48.5. The molecular formula is C54H54N6O10. The van der Waals surface area contributed by atoms with Crippen molar-refractivity contribution in [3.8, 4) is 11.1 Å². The number of ether oxygens (including phenoxy) is 2. The first-order chi connectivity index (χ1) is 34.1. The van der Waals surface area contributed by atoms with E-state index in [4.69, 9.17) is 9.47 Å². The van der Waals surface area contributed by atoms with Gasteiger partial charge in [-0.1, -0.05) is 115 Å². The highest BCUT2D eigenvalue weighted by molar-refractivity contribution is 5.93. The summed E-state index contributed by atoms with van der Waals surface area (Å²) in [5, 5.41) is 21.4. The number of aliphatic carboxylic acids is 2. The Morgan fingerprint density at radius 1 is 0.586 bits per heavy atom. The first-order valence-corrected chi connectivity index (χ1v) is 23.9. The molecule has 0 aliphatic carbocycles. The molecule has 5 aliphatic rings. The van der Waals surface area contributed by atoms with E-state index in [0.29, 0.717) is 74.4 Å². The molecule has 4 bridgehead atoms. The third kappa shape index (κ3) is 8.83. The van der Waals surface area contributed by atoms with E-state index >= 15 is 9.59 Å². The van der Waals surface area contributed by atoms with Crippen LogP contribution in [0.15, 0.2) is 134 Å². The van der Waals surface area contributed by atoms with Crippen molar-refractivity contribution in [2.45, 2.75) is 80.4 Å². The number of fused-ring (bicyclic) bond motifs is 4. The van der Waals surface area contributed by atoms with Gasteiger partial charge in [0.05, 0.1) is 48.9 Å². The number of urea groups is 1. The van der Waals surface area contributed by atoms with Crippen molar-refractivity contribution in [2.75, 3.05) is 39.4 Å². The molecule has 6 heterocycles. The van der Waals surface area contributed by atoms with Gasteiger partial charge in [-0.25, -0.2) is 19.2 Å². The summed E-state index contributed by atoms with van der Waals surface area (Å²) in [5.41, 5.74) is 4.79. The summed E-state index contributed by atoms with van der Waals surface area (Å²) in [6.45, 7) is 1.55. The van der Waals surface area contributed by atoms with Crippen molar-refractivity contribution in [2.24, 2.45) is 0 Å². The lowest BCUT2D eigenvalue weighted by atomic mass is 9.85. The molecule has 1 aromatic heterocycles. The summed E-state index contributed by atoms with van der Waals surface area (Å²) < 4.78 is 11.1. The van der Waals surface area contributed by atoms with Gasteiger partial charge >= 0.3 is 24.1 Å². The van der Waals surface area contributed by atoms with Crippen molar-refractivity contribution < 1.29 is 48.5 Å². The number of benzene rings is 4. The van der Waals surface area contributed by atoms with E-state index in [2.05, 4.69) is 4.98 Å². The lowest BCUT2D eigenvalue weighted by molar-refractivity contribution is -0.156. The average Bonchev–Trinajstić information content (AvgIpc) is 3.87. The van der Waals surface area contributed by atoms with Crippen molar-refractivity contribution in [1.29, 1.82) is 0 Å². The minimum atomic E-state index is -1.32. The summed E-state index contributed by atoms with van der Waals surface area (Å²) in [6.07, 6.45) is 2.87. The van der Waals surface area contributed by atoms with Crippen molar-refractivity contribution in [3.63, 3.8) is 0 Å². The van der Waals surface area contributed by atoms with Gasteiger partial charge < -0.3 is 39.3 Å². The van der Waals surface area contributed by atoms with Gasteiger partial charge in [-0.2, -0.15) is 0 Å². The van der Waals surface area contributed by atoms with Crippen molar-refractivity contribution in [3.05, 3.63) is 162 Å². The summed E-state index contributed by atoms with van der Waals surface area (Å²) >= 11 is 0. The molecule has 0 spiro atoms. The first kappa shape index (κ1) is 46.2. The standard InChI is InChI=1S/C54H54N6O10/c61-49(57-31-42-21-23-44(47(57)51(63)64)60(42)54(68)70-33-40-19-7-8-24-55-40)45(34-11-3-1-4-12-34)38-17-9-15-36(29-38)37-16-10-18-39(30-37)46(35-13-5-2-6-14-35)50(62)59-41-20-22-43(59)48(52(65)66)58(32-41)53(67)56-25-27-69-28-26-56/h1-19,24,29-30,41-48H,20-23,25-28,31-33H2,(H,63,64)(H,65,66)/t41-,42-,43+,44+,45?,46?,47-,48-/m0/s1. The number of carboxylic acid groups (broad SMARTS) is 2. The maximum absolute atomic E-state index is 15.2. The minimum Gasteiger partial charge on any atom is -0.480 e. The highest BCUT2D eigenvalue weighted by Gasteiger charge is 2.56. The van der Waals surface area contributed by atoms with Gasteiger partial charge in [-0.15, -0.1) is 0 Å². The van der Waals surface area contributed by atoms with Crippen LogP contribution in [0.25, 0.3) is 11.1 Å². The zero-order valence-electron chi connectivity index (χ0n) is 38.4. The van der Waals surface area contributed by atoms with E-state index in [1.54, 1.807) is 34.2 Å². The number of piperazine rings is 2. The summed E-state index contributed by atoms with van der Waals surface area (Å²) in [4.78, 5) is 96.0. The third-order valence-corrected chi connectivity index (χ3v) is 14.7. The molecule has 2 N–H and O–H groups in total. The SMILES string of the molecule is O=C(O)[C@@H]1[C@H]2CC[C@@H](CN1C(=O)C(c1ccccc1)c1cccc(-c3cccc(C(C(=O)N4[C@H]5CC[C@@H]4[C@@H](C(=O)O)N(C(=O)N4CCOCC4)C5)c4ccccc4)c3)c1)N2C(=O)OCc1ccccn1. The summed E-state index contributed by atoms with van der Waals surface area (Å²) in [6, 6.07) is 33.9. The summed E-state index contributed by atoms with van der Waals surface area (Å²) in [5.74, 6) is -4.72. The van der Waals surface area contributed by atoms with Crippen LogP contribution >= 0.6 is 0 Å². The predicted octanol–water partition coefficient (Wildman–Crippen LogP) is 6.06. The quantitative estimate of drug-likeness (QED) is 0.157.